The molecular weight excluding hydrogens is 352 g/mol. The lowest BCUT2D eigenvalue weighted by atomic mass is 10.0. The van der Waals surface area contributed by atoms with Crippen LogP contribution < -0.4 is 5.11 Å². The number of hydrogen-bond acceptors (Lipinski definition) is 4. The van der Waals surface area contributed by atoms with E-state index >= 15 is 0 Å². The molecule has 1 saturated heterocycles. The molecule has 0 saturated carbocycles. The first-order valence-corrected chi connectivity index (χ1v) is 10.7. The Morgan fingerprint density at radius 3 is 1.77 bits per heavy atom. The highest BCUT2D eigenvalue weighted by Crippen LogP contribution is 2.24. The fourth-order valence-electron chi connectivity index (χ4n) is 2.98. The molecule has 0 radical (unpaired) electrons. The molecule has 1 aromatic carbocycles. The zero-order chi connectivity index (χ0) is 20.0. The first-order valence-electron chi connectivity index (χ1n) is 9.28. The molecule has 148 valence electrons. The van der Waals surface area contributed by atoms with Gasteiger partial charge in [-0.2, -0.15) is 4.31 Å². The number of hydrogen-bond donors (Lipinski definition) is 0. The maximum absolute atomic E-state index is 12.0. The lowest BCUT2D eigenvalue weighted by molar-refractivity contribution is -0.921. The summed E-state index contributed by atoms with van der Waals surface area (Å²) >= 11 is 0. The van der Waals surface area contributed by atoms with Crippen LogP contribution in [0.2, 0.25) is 0 Å². The Morgan fingerprint density at radius 1 is 1.04 bits per heavy atom. The largest absolute Gasteiger partial charge is 0.550 e. The second-order valence-electron chi connectivity index (χ2n) is 6.76. The number of nitrogens with zero attached hydrogens (tertiary/aromatic N) is 2. The van der Waals surface area contributed by atoms with E-state index in [1.54, 1.807) is 12.1 Å². The van der Waals surface area contributed by atoms with Gasteiger partial charge in [0, 0.05) is 25.0 Å². The fourth-order valence-corrected chi connectivity index (χ4v) is 4.51. The monoisotopic (exact) mass is 384 g/mol. The van der Waals surface area contributed by atoms with Crippen LogP contribution in [0.5, 0.6) is 0 Å². The van der Waals surface area contributed by atoms with Crippen molar-refractivity contribution >= 4 is 16.0 Å². The van der Waals surface area contributed by atoms with E-state index in [1.165, 1.54) is 42.8 Å². The first-order chi connectivity index (χ1) is 12.2. The fraction of sp³-hybridized carbons (Fsp3) is 0.632. The quantitative estimate of drug-likeness (QED) is 0.663. The van der Waals surface area contributed by atoms with Gasteiger partial charge < -0.3 is 14.4 Å². The number of quaternary nitrogens is 1. The normalized spacial score (nSPS) is 15.7. The lowest BCUT2D eigenvalue weighted by Crippen LogP contribution is -2.56. The Morgan fingerprint density at radius 2 is 1.46 bits per heavy atom. The molecule has 0 aliphatic carbocycles. The summed E-state index contributed by atoms with van der Waals surface area (Å²) in [4.78, 5) is 10.7. The molecule has 1 aromatic rings. The van der Waals surface area contributed by atoms with Crippen molar-refractivity contribution in [2.45, 2.75) is 39.5 Å². The van der Waals surface area contributed by atoms with Gasteiger partial charge in [0.2, 0.25) is 10.0 Å². The SMILES string of the molecule is CC[N+](CC)(CC)CC.Cc1ccc(S(=O)(=O)N2CC(C(=O)[O-])C2)cc1. The van der Waals surface area contributed by atoms with Crippen LogP contribution >= 0.6 is 0 Å². The van der Waals surface area contributed by atoms with Crippen LogP contribution in [0.15, 0.2) is 29.2 Å². The highest BCUT2D eigenvalue weighted by atomic mass is 32.2. The predicted octanol–water partition coefficient (Wildman–Crippen LogP) is 1.25. The van der Waals surface area contributed by atoms with Gasteiger partial charge in [-0.1, -0.05) is 17.7 Å². The predicted molar refractivity (Wildman–Crippen MR) is 101 cm³/mol. The summed E-state index contributed by atoms with van der Waals surface area (Å²) in [6.07, 6.45) is 0. The smallest absolute Gasteiger partial charge is 0.243 e. The van der Waals surface area contributed by atoms with Crippen LogP contribution in [0.4, 0.5) is 0 Å². The molecule has 1 aliphatic heterocycles. The van der Waals surface area contributed by atoms with Crippen molar-refractivity contribution in [1.29, 1.82) is 0 Å². The molecule has 1 heterocycles. The minimum atomic E-state index is -3.54. The standard InChI is InChI=1S/C11H13NO4S.C8H20N/c1-8-2-4-10(5-3-8)17(15,16)12-6-9(7-12)11(13)14;1-5-9(6-2,7-3)8-4/h2-5,9H,6-7H2,1H3,(H,13,14);5-8H2,1-4H3/q;+1/p-1. The van der Waals surface area contributed by atoms with Crippen molar-refractivity contribution in [1.82, 2.24) is 4.31 Å². The highest BCUT2D eigenvalue weighted by molar-refractivity contribution is 7.89. The topological polar surface area (TPSA) is 77.5 Å². The Labute approximate surface area is 158 Å². The van der Waals surface area contributed by atoms with Gasteiger partial charge in [-0.25, -0.2) is 8.42 Å². The molecule has 0 amide bonds. The van der Waals surface area contributed by atoms with E-state index < -0.39 is 21.9 Å². The third-order valence-corrected chi connectivity index (χ3v) is 7.37. The van der Waals surface area contributed by atoms with Crippen LogP contribution in [-0.2, 0) is 14.8 Å². The van der Waals surface area contributed by atoms with Crippen molar-refractivity contribution in [3.63, 3.8) is 0 Å². The number of carbonyl (C=O) groups is 1. The molecule has 6 nitrogen and oxygen atoms in total. The van der Waals surface area contributed by atoms with Gasteiger partial charge in [-0.15, -0.1) is 0 Å². The first kappa shape index (κ1) is 22.6. The van der Waals surface area contributed by atoms with E-state index in [0.29, 0.717) is 0 Å². The van der Waals surface area contributed by atoms with Crippen molar-refractivity contribution in [3.8, 4) is 0 Å². The summed E-state index contributed by atoms with van der Waals surface area (Å²) in [5.74, 6) is -1.88. The average molecular weight is 385 g/mol. The van der Waals surface area contributed by atoms with Crippen LogP contribution in [0.25, 0.3) is 0 Å². The van der Waals surface area contributed by atoms with E-state index in [-0.39, 0.29) is 18.0 Å². The van der Waals surface area contributed by atoms with Crippen molar-refractivity contribution in [2.24, 2.45) is 5.92 Å². The van der Waals surface area contributed by atoms with E-state index in [9.17, 15) is 18.3 Å². The van der Waals surface area contributed by atoms with E-state index in [4.69, 9.17) is 0 Å². The highest BCUT2D eigenvalue weighted by Gasteiger charge is 2.37. The zero-order valence-corrected chi connectivity index (χ0v) is 17.4. The molecule has 7 heteroatoms. The third-order valence-electron chi connectivity index (χ3n) is 5.52. The van der Waals surface area contributed by atoms with Crippen molar-refractivity contribution < 1.29 is 22.8 Å². The molecule has 0 unspecified atom stereocenters. The number of benzene rings is 1. The van der Waals surface area contributed by atoms with E-state index in [2.05, 4.69) is 27.7 Å². The molecule has 0 atom stereocenters. The Kier molecular flexibility index (Phi) is 8.24. The maximum atomic E-state index is 12.0. The number of aliphatic carboxylic acids is 1. The molecule has 1 aliphatic rings. The second kappa shape index (κ2) is 9.48. The van der Waals surface area contributed by atoms with Gasteiger partial charge >= 0.3 is 0 Å². The minimum Gasteiger partial charge on any atom is -0.550 e. The maximum Gasteiger partial charge on any atom is 0.243 e. The number of carbonyl (C=O) groups excluding carboxylic acids is 1. The average Bonchev–Trinajstić information content (AvgIpc) is 2.56. The molecule has 26 heavy (non-hydrogen) atoms. The Bertz CT molecular complexity index is 658. The van der Waals surface area contributed by atoms with Crippen molar-refractivity contribution in [2.75, 3.05) is 39.3 Å². The molecular formula is C19H32N2O4S. The van der Waals surface area contributed by atoms with Crippen LogP contribution in [0, 0.1) is 12.8 Å². The van der Waals surface area contributed by atoms with Gasteiger partial charge in [0.15, 0.2) is 0 Å². The molecule has 0 N–H and O–H groups in total. The van der Waals surface area contributed by atoms with Crippen molar-refractivity contribution in [3.05, 3.63) is 29.8 Å². The van der Waals surface area contributed by atoms with Gasteiger partial charge in [0.25, 0.3) is 0 Å². The minimum absolute atomic E-state index is 0.00145. The molecule has 0 spiro atoms. The van der Waals surface area contributed by atoms with Gasteiger partial charge in [0.05, 0.1) is 31.1 Å². The van der Waals surface area contributed by atoms with E-state index in [0.717, 1.165) is 9.87 Å². The molecule has 0 bridgehead atoms. The number of sulfonamides is 1. The zero-order valence-electron chi connectivity index (χ0n) is 16.6. The van der Waals surface area contributed by atoms with Gasteiger partial charge in [-0.3, -0.25) is 0 Å². The summed E-state index contributed by atoms with van der Waals surface area (Å²) in [5, 5.41) is 10.5. The molecule has 0 aromatic heterocycles. The van der Waals surface area contributed by atoms with Crippen LogP contribution in [0.1, 0.15) is 33.3 Å². The van der Waals surface area contributed by atoms with E-state index in [1.807, 2.05) is 6.92 Å². The summed E-state index contributed by atoms with van der Waals surface area (Å²) in [7, 11) is -3.54. The summed E-state index contributed by atoms with van der Waals surface area (Å²) in [6.45, 7) is 16.1. The summed E-state index contributed by atoms with van der Waals surface area (Å²) < 4.78 is 26.4. The van der Waals surface area contributed by atoms with Crippen LogP contribution in [0.3, 0.4) is 0 Å². The Hall–Kier alpha value is -1.44. The molecule has 1 fully saturated rings. The van der Waals surface area contributed by atoms with Gasteiger partial charge in [0.1, 0.15) is 0 Å². The summed E-state index contributed by atoms with van der Waals surface area (Å²) in [6, 6.07) is 6.47. The number of carboxylic acids is 1. The Balaban J connectivity index is 0.000000321. The number of rotatable bonds is 7. The van der Waals surface area contributed by atoms with Crippen LogP contribution in [-0.4, -0.2) is 62.4 Å². The summed E-state index contributed by atoms with van der Waals surface area (Å²) in [5.41, 5.74) is 0.972. The second-order valence-corrected chi connectivity index (χ2v) is 8.70. The third kappa shape index (κ3) is 5.28. The lowest BCUT2D eigenvalue weighted by Gasteiger charge is -2.38. The number of aryl methyl sites for hydroxylation is 1. The van der Waals surface area contributed by atoms with Gasteiger partial charge in [-0.05, 0) is 46.8 Å². The molecule has 2 rings (SSSR count). The number of carboxylic acid groups (broad SMARTS) is 1.